The van der Waals surface area contributed by atoms with Crippen molar-refractivity contribution in [1.82, 2.24) is 4.90 Å². The summed E-state index contributed by atoms with van der Waals surface area (Å²) in [6.45, 7) is 0.492. The summed E-state index contributed by atoms with van der Waals surface area (Å²) < 4.78 is 0. The molecule has 1 atom stereocenters. The number of carboxylic acid groups (broad SMARTS) is 1. The van der Waals surface area contributed by atoms with E-state index >= 15 is 0 Å². The number of hydrogen-bond donors (Lipinski definition) is 2. The van der Waals surface area contributed by atoms with Gasteiger partial charge in [-0.2, -0.15) is 0 Å². The molecule has 21 heavy (non-hydrogen) atoms. The monoisotopic (exact) mass is 308 g/mol. The summed E-state index contributed by atoms with van der Waals surface area (Å²) in [5.74, 6) is -0.926. The van der Waals surface area contributed by atoms with E-state index < -0.39 is 12.0 Å². The lowest BCUT2D eigenvalue weighted by molar-refractivity contribution is -0.142. The van der Waals surface area contributed by atoms with Crippen LogP contribution < -0.4 is 5.32 Å². The molecule has 0 aromatic heterocycles. The number of amides is 2. The number of thioether (sulfide) groups is 1. The van der Waals surface area contributed by atoms with Crippen LogP contribution in [0.2, 0.25) is 0 Å². The van der Waals surface area contributed by atoms with Gasteiger partial charge in [-0.1, -0.05) is 12.8 Å². The molecule has 1 saturated heterocycles. The average molecular weight is 308 g/mol. The number of benzene rings is 1. The quantitative estimate of drug-likeness (QED) is 0.841. The number of anilines is 1. The maximum absolute atomic E-state index is 12.3. The molecule has 5 nitrogen and oxygen atoms in total. The number of nitrogens with zero attached hydrogens (tertiary/aromatic N) is 1. The molecule has 1 aliphatic rings. The molecule has 6 heteroatoms. The molecule has 1 unspecified atom stereocenters. The Labute approximate surface area is 128 Å². The number of carbonyl (C=O) groups excluding carboxylic acids is 1. The molecule has 0 saturated carbocycles. The Morgan fingerprint density at radius 2 is 1.95 bits per heavy atom. The Kier molecular flexibility index (Phi) is 5.50. The molecule has 1 aliphatic heterocycles. The van der Waals surface area contributed by atoms with Gasteiger partial charge in [0.15, 0.2) is 0 Å². The van der Waals surface area contributed by atoms with Crippen LogP contribution in [0.3, 0.4) is 0 Å². The normalized spacial score (nSPS) is 18.9. The standard InChI is InChI=1S/C15H20N2O3S/c1-21-12-8-6-11(7-9-12)16-15(20)17-10-4-2-3-5-13(17)14(18)19/h6-9,13H,2-5,10H2,1H3,(H,16,20)(H,18,19). The van der Waals surface area contributed by atoms with Gasteiger partial charge in [0.05, 0.1) is 0 Å². The molecule has 0 spiro atoms. The van der Waals surface area contributed by atoms with Crippen molar-refractivity contribution in [3.05, 3.63) is 24.3 Å². The first-order valence-corrected chi connectivity index (χ1v) is 8.29. The molecule has 1 aromatic carbocycles. The maximum atomic E-state index is 12.3. The second kappa shape index (κ2) is 7.36. The van der Waals surface area contributed by atoms with Crippen LogP contribution in [-0.4, -0.2) is 40.8 Å². The van der Waals surface area contributed by atoms with Crippen LogP contribution in [0.15, 0.2) is 29.2 Å². The summed E-state index contributed by atoms with van der Waals surface area (Å²) >= 11 is 1.63. The van der Waals surface area contributed by atoms with E-state index in [-0.39, 0.29) is 6.03 Å². The van der Waals surface area contributed by atoms with Gasteiger partial charge in [-0.15, -0.1) is 11.8 Å². The fraction of sp³-hybridized carbons (Fsp3) is 0.467. The number of carboxylic acids is 1. The fourth-order valence-electron chi connectivity index (χ4n) is 2.48. The first-order chi connectivity index (χ1) is 10.1. The first kappa shape index (κ1) is 15.7. The largest absolute Gasteiger partial charge is 0.480 e. The third kappa shape index (κ3) is 4.14. The molecular formula is C15H20N2O3S. The molecule has 2 rings (SSSR count). The van der Waals surface area contributed by atoms with Crippen molar-refractivity contribution in [2.45, 2.75) is 36.6 Å². The van der Waals surface area contributed by atoms with Gasteiger partial charge in [0.2, 0.25) is 0 Å². The van der Waals surface area contributed by atoms with Crippen LogP contribution in [0.5, 0.6) is 0 Å². The first-order valence-electron chi connectivity index (χ1n) is 7.06. The van der Waals surface area contributed by atoms with Gasteiger partial charge >= 0.3 is 12.0 Å². The van der Waals surface area contributed by atoms with Gasteiger partial charge in [-0.25, -0.2) is 9.59 Å². The lowest BCUT2D eigenvalue weighted by Crippen LogP contribution is -2.46. The van der Waals surface area contributed by atoms with Gasteiger partial charge in [0, 0.05) is 17.1 Å². The highest BCUT2D eigenvalue weighted by Crippen LogP contribution is 2.20. The van der Waals surface area contributed by atoms with Gasteiger partial charge in [0.1, 0.15) is 6.04 Å². The minimum Gasteiger partial charge on any atom is -0.480 e. The third-order valence-electron chi connectivity index (χ3n) is 3.64. The lowest BCUT2D eigenvalue weighted by Gasteiger charge is -2.27. The van der Waals surface area contributed by atoms with E-state index in [1.54, 1.807) is 11.8 Å². The second-order valence-corrected chi connectivity index (χ2v) is 5.94. The smallest absolute Gasteiger partial charge is 0.326 e. The molecule has 1 aromatic rings. The highest BCUT2D eigenvalue weighted by molar-refractivity contribution is 7.98. The van der Waals surface area contributed by atoms with Crippen molar-refractivity contribution in [3.8, 4) is 0 Å². The molecule has 0 bridgehead atoms. The molecule has 0 radical (unpaired) electrons. The summed E-state index contributed by atoms with van der Waals surface area (Å²) in [4.78, 5) is 26.2. The van der Waals surface area contributed by atoms with Crippen molar-refractivity contribution in [1.29, 1.82) is 0 Å². The predicted molar refractivity (Wildman–Crippen MR) is 83.8 cm³/mol. The average Bonchev–Trinajstić information content (AvgIpc) is 2.74. The number of aliphatic carboxylic acids is 1. The van der Waals surface area contributed by atoms with Crippen molar-refractivity contribution < 1.29 is 14.7 Å². The van der Waals surface area contributed by atoms with E-state index in [0.717, 1.165) is 24.2 Å². The Bertz CT molecular complexity index is 504. The highest BCUT2D eigenvalue weighted by atomic mass is 32.2. The van der Waals surface area contributed by atoms with Crippen molar-refractivity contribution in [3.63, 3.8) is 0 Å². The van der Waals surface area contributed by atoms with E-state index in [1.807, 2.05) is 30.5 Å². The number of likely N-dealkylation sites (tertiary alicyclic amines) is 1. The number of nitrogens with one attached hydrogen (secondary N) is 1. The Hall–Kier alpha value is -1.69. The topological polar surface area (TPSA) is 69.6 Å². The SMILES string of the molecule is CSc1ccc(NC(=O)N2CCCCCC2C(=O)O)cc1. The molecule has 1 fully saturated rings. The molecule has 0 aliphatic carbocycles. The lowest BCUT2D eigenvalue weighted by atomic mass is 10.1. The zero-order valence-electron chi connectivity index (χ0n) is 12.0. The molecule has 1 heterocycles. The predicted octanol–water partition coefficient (Wildman–Crippen LogP) is 3.27. The van der Waals surface area contributed by atoms with E-state index in [0.29, 0.717) is 18.7 Å². The summed E-state index contributed by atoms with van der Waals surface area (Å²) in [7, 11) is 0. The van der Waals surface area contributed by atoms with Crippen LogP contribution in [-0.2, 0) is 4.79 Å². The van der Waals surface area contributed by atoms with Crippen molar-refractivity contribution in [2.24, 2.45) is 0 Å². The van der Waals surface area contributed by atoms with Crippen LogP contribution in [0, 0.1) is 0 Å². The maximum Gasteiger partial charge on any atom is 0.326 e. The molecule has 2 amide bonds. The minimum atomic E-state index is -0.926. The summed E-state index contributed by atoms with van der Waals surface area (Å²) in [6.07, 6.45) is 5.18. The van der Waals surface area contributed by atoms with Gasteiger partial charge in [0.25, 0.3) is 0 Å². The van der Waals surface area contributed by atoms with Gasteiger partial charge < -0.3 is 15.3 Å². The zero-order valence-corrected chi connectivity index (χ0v) is 12.9. The van der Waals surface area contributed by atoms with Crippen LogP contribution >= 0.6 is 11.8 Å². The fourth-order valence-corrected chi connectivity index (χ4v) is 2.89. The minimum absolute atomic E-state index is 0.332. The summed E-state index contributed by atoms with van der Waals surface area (Å²) in [5.41, 5.74) is 0.686. The van der Waals surface area contributed by atoms with E-state index in [1.165, 1.54) is 4.90 Å². The zero-order chi connectivity index (χ0) is 15.2. The van der Waals surface area contributed by atoms with Gasteiger partial charge in [-0.3, -0.25) is 0 Å². The van der Waals surface area contributed by atoms with Crippen molar-refractivity contribution in [2.75, 3.05) is 18.1 Å². The Morgan fingerprint density at radius 3 is 2.57 bits per heavy atom. The summed E-state index contributed by atoms with van der Waals surface area (Å²) in [5, 5.41) is 12.1. The van der Waals surface area contributed by atoms with Crippen LogP contribution in [0.25, 0.3) is 0 Å². The molecule has 2 N–H and O–H groups in total. The van der Waals surface area contributed by atoms with Crippen LogP contribution in [0.4, 0.5) is 10.5 Å². The van der Waals surface area contributed by atoms with E-state index in [4.69, 9.17) is 0 Å². The summed E-state index contributed by atoms with van der Waals surface area (Å²) in [6, 6.07) is 6.46. The number of rotatable bonds is 3. The highest BCUT2D eigenvalue weighted by Gasteiger charge is 2.30. The van der Waals surface area contributed by atoms with E-state index in [9.17, 15) is 14.7 Å². The number of carbonyl (C=O) groups is 2. The van der Waals surface area contributed by atoms with E-state index in [2.05, 4.69) is 5.32 Å². The number of hydrogen-bond acceptors (Lipinski definition) is 3. The number of urea groups is 1. The Morgan fingerprint density at radius 1 is 1.24 bits per heavy atom. The van der Waals surface area contributed by atoms with Crippen LogP contribution in [0.1, 0.15) is 25.7 Å². The van der Waals surface area contributed by atoms with Gasteiger partial charge in [-0.05, 0) is 43.4 Å². The second-order valence-electron chi connectivity index (χ2n) is 5.06. The molecule has 114 valence electrons. The third-order valence-corrected chi connectivity index (χ3v) is 4.38. The molecular weight excluding hydrogens is 288 g/mol. The Balaban J connectivity index is 2.06. The van der Waals surface area contributed by atoms with Crippen molar-refractivity contribution >= 4 is 29.4 Å².